The monoisotopic (exact) mass is 387 g/mol. The average molecular weight is 387 g/mol. The van der Waals surface area contributed by atoms with E-state index in [-0.39, 0.29) is 42.6 Å². The smallest absolute Gasteiger partial charge is 0.389 e. The summed E-state index contributed by atoms with van der Waals surface area (Å²) in [6, 6.07) is 4.69. The zero-order chi connectivity index (χ0) is 20.1. The zero-order valence-electron chi connectivity index (χ0n) is 14.9. The number of hydrogen-bond acceptors (Lipinski definition) is 7. The molecule has 0 saturated heterocycles. The minimum atomic E-state index is -0.611. The lowest BCUT2D eigenvalue weighted by molar-refractivity contribution is -0.389. The summed E-state index contributed by atoms with van der Waals surface area (Å²) in [5.74, 6) is -0.502. The molecule has 0 aliphatic heterocycles. The zero-order valence-corrected chi connectivity index (χ0v) is 14.9. The molecule has 0 unspecified atom stereocenters. The predicted molar refractivity (Wildman–Crippen MR) is 95.2 cm³/mol. The molecule has 28 heavy (non-hydrogen) atoms. The molecule has 0 aliphatic carbocycles. The maximum Gasteiger partial charge on any atom is 0.389 e. The van der Waals surface area contributed by atoms with Crippen molar-refractivity contribution in [3.8, 4) is 0 Å². The number of carbonyl (C=O) groups excluding carboxylic acids is 2. The SMILES string of the molecule is Cn1ncc(NC(=O)CCn2ccc([N+](=O)[O-])n2)c1C(=O)NCc1ccco1. The lowest BCUT2D eigenvalue weighted by atomic mass is 10.3. The molecule has 0 aromatic carbocycles. The minimum Gasteiger partial charge on any atom is -0.467 e. The lowest BCUT2D eigenvalue weighted by Gasteiger charge is -2.08. The molecule has 3 aromatic heterocycles. The van der Waals surface area contributed by atoms with Crippen LogP contribution in [0.1, 0.15) is 22.7 Å². The van der Waals surface area contributed by atoms with Gasteiger partial charge in [-0.1, -0.05) is 0 Å². The van der Waals surface area contributed by atoms with Crippen LogP contribution in [0.3, 0.4) is 0 Å². The third kappa shape index (κ3) is 4.41. The number of anilines is 1. The average Bonchev–Trinajstić information content (AvgIpc) is 3.40. The number of amides is 2. The number of rotatable bonds is 8. The van der Waals surface area contributed by atoms with Gasteiger partial charge in [-0.05, 0) is 17.1 Å². The van der Waals surface area contributed by atoms with E-state index in [1.165, 1.54) is 34.1 Å². The number of furan rings is 1. The molecule has 3 aromatic rings. The normalized spacial score (nSPS) is 10.6. The van der Waals surface area contributed by atoms with Gasteiger partial charge in [-0.3, -0.25) is 14.3 Å². The maximum absolute atomic E-state index is 12.4. The van der Waals surface area contributed by atoms with Crippen molar-refractivity contribution in [1.29, 1.82) is 0 Å². The third-order valence-electron chi connectivity index (χ3n) is 3.81. The molecule has 12 nitrogen and oxygen atoms in total. The first-order valence-corrected chi connectivity index (χ1v) is 8.24. The Hall–Kier alpha value is -3.96. The van der Waals surface area contributed by atoms with Gasteiger partial charge in [0, 0.05) is 13.5 Å². The molecule has 0 aliphatic rings. The molecule has 0 radical (unpaired) electrons. The quantitative estimate of drug-likeness (QED) is 0.433. The van der Waals surface area contributed by atoms with Crippen LogP contribution in [-0.4, -0.2) is 36.3 Å². The van der Waals surface area contributed by atoms with Gasteiger partial charge in [0.25, 0.3) is 5.91 Å². The van der Waals surface area contributed by atoms with E-state index >= 15 is 0 Å². The Balaban J connectivity index is 1.58. The van der Waals surface area contributed by atoms with Crippen molar-refractivity contribution in [2.45, 2.75) is 19.5 Å². The van der Waals surface area contributed by atoms with Crippen LogP contribution in [0.5, 0.6) is 0 Å². The minimum absolute atomic E-state index is 0.0151. The van der Waals surface area contributed by atoms with E-state index in [4.69, 9.17) is 4.42 Å². The summed E-state index contributed by atoms with van der Waals surface area (Å²) in [6.45, 7) is 0.350. The highest BCUT2D eigenvalue weighted by molar-refractivity contribution is 6.02. The van der Waals surface area contributed by atoms with E-state index in [0.717, 1.165) is 0 Å². The molecule has 0 bridgehead atoms. The molecule has 3 heterocycles. The van der Waals surface area contributed by atoms with Crippen LogP contribution < -0.4 is 10.6 Å². The van der Waals surface area contributed by atoms with Crippen LogP contribution in [0.2, 0.25) is 0 Å². The van der Waals surface area contributed by atoms with Gasteiger partial charge in [-0.15, -0.1) is 0 Å². The molecule has 146 valence electrons. The van der Waals surface area contributed by atoms with Crippen molar-refractivity contribution in [1.82, 2.24) is 24.9 Å². The summed E-state index contributed by atoms with van der Waals surface area (Å²) >= 11 is 0. The maximum atomic E-state index is 12.4. The molecular weight excluding hydrogens is 370 g/mol. The van der Waals surface area contributed by atoms with Crippen molar-refractivity contribution < 1.29 is 18.9 Å². The number of aryl methyl sites for hydroxylation is 2. The van der Waals surface area contributed by atoms with Gasteiger partial charge in [-0.2, -0.15) is 9.78 Å². The Morgan fingerprint density at radius 3 is 2.86 bits per heavy atom. The van der Waals surface area contributed by atoms with E-state index < -0.39 is 10.8 Å². The number of carbonyl (C=O) groups is 2. The van der Waals surface area contributed by atoms with E-state index in [9.17, 15) is 19.7 Å². The highest BCUT2D eigenvalue weighted by atomic mass is 16.6. The Kier molecular flexibility index (Phi) is 5.48. The largest absolute Gasteiger partial charge is 0.467 e. The van der Waals surface area contributed by atoms with Gasteiger partial charge in [-0.25, -0.2) is 0 Å². The molecule has 0 atom stereocenters. The second kappa shape index (κ2) is 8.16. The number of hydrogen-bond donors (Lipinski definition) is 2. The Bertz CT molecular complexity index is 989. The van der Waals surface area contributed by atoms with Gasteiger partial charge in [0.2, 0.25) is 5.91 Å². The predicted octanol–water partition coefficient (Wildman–Crippen LogP) is 1.08. The molecule has 0 saturated carbocycles. The second-order valence-electron chi connectivity index (χ2n) is 5.78. The molecule has 2 amide bonds. The fraction of sp³-hybridized carbons (Fsp3) is 0.250. The summed E-state index contributed by atoms with van der Waals surface area (Å²) in [6.07, 6.45) is 4.31. The fourth-order valence-electron chi connectivity index (χ4n) is 2.46. The molecule has 2 N–H and O–H groups in total. The van der Waals surface area contributed by atoms with Crippen molar-refractivity contribution in [3.63, 3.8) is 0 Å². The topological polar surface area (TPSA) is 150 Å². The van der Waals surface area contributed by atoms with E-state index in [0.29, 0.717) is 5.76 Å². The molecule has 3 rings (SSSR count). The van der Waals surface area contributed by atoms with E-state index in [1.54, 1.807) is 19.2 Å². The van der Waals surface area contributed by atoms with Crippen molar-refractivity contribution >= 4 is 23.3 Å². The number of aromatic nitrogens is 4. The van der Waals surface area contributed by atoms with Gasteiger partial charge in [0.1, 0.15) is 11.5 Å². The van der Waals surface area contributed by atoms with Crippen LogP contribution in [0, 0.1) is 10.1 Å². The third-order valence-corrected chi connectivity index (χ3v) is 3.81. The first-order valence-electron chi connectivity index (χ1n) is 8.24. The second-order valence-corrected chi connectivity index (χ2v) is 5.78. The first-order chi connectivity index (χ1) is 13.4. The summed E-state index contributed by atoms with van der Waals surface area (Å²) in [7, 11) is 1.58. The Labute approximate surface area is 158 Å². The summed E-state index contributed by atoms with van der Waals surface area (Å²) in [4.78, 5) is 34.6. The van der Waals surface area contributed by atoms with Gasteiger partial charge >= 0.3 is 5.82 Å². The van der Waals surface area contributed by atoms with Crippen LogP contribution in [0.4, 0.5) is 11.5 Å². The number of nitrogens with one attached hydrogen (secondary N) is 2. The van der Waals surface area contributed by atoms with Crippen molar-refractivity contribution in [3.05, 3.63) is 58.4 Å². The lowest BCUT2D eigenvalue weighted by Crippen LogP contribution is -2.26. The van der Waals surface area contributed by atoms with E-state index in [1.807, 2.05) is 0 Å². The standard InChI is InChI=1S/C16H17N7O5/c1-21-15(16(25)17-9-11-3-2-8-28-11)12(10-18-21)19-14(24)5-7-22-6-4-13(20-22)23(26)27/h2-4,6,8,10H,5,7,9H2,1H3,(H,17,25)(H,19,24). The van der Waals surface area contributed by atoms with Crippen molar-refractivity contribution in [2.24, 2.45) is 7.05 Å². The number of nitrogens with zero attached hydrogens (tertiary/aromatic N) is 5. The highest BCUT2D eigenvalue weighted by Gasteiger charge is 2.19. The Morgan fingerprint density at radius 2 is 2.18 bits per heavy atom. The molecule has 0 fully saturated rings. The van der Waals surface area contributed by atoms with E-state index in [2.05, 4.69) is 20.8 Å². The van der Waals surface area contributed by atoms with Crippen LogP contribution in [0.15, 0.2) is 41.3 Å². The van der Waals surface area contributed by atoms with Crippen LogP contribution in [0.25, 0.3) is 0 Å². The molecule has 0 spiro atoms. The van der Waals surface area contributed by atoms with Gasteiger partial charge < -0.3 is 25.2 Å². The van der Waals surface area contributed by atoms with Gasteiger partial charge in [0.15, 0.2) is 0 Å². The number of nitro groups is 1. The molecule has 12 heteroatoms. The van der Waals surface area contributed by atoms with Crippen LogP contribution in [-0.2, 0) is 24.9 Å². The molecular formula is C16H17N7O5. The summed E-state index contributed by atoms with van der Waals surface area (Å²) in [5.41, 5.74) is 0.450. The summed E-state index contributed by atoms with van der Waals surface area (Å²) in [5, 5.41) is 23.7. The van der Waals surface area contributed by atoms with Crippen molar-refractivity contribution in [2.75, 3.05) is 5.32 Å². The first kappa shape index (κ1) is 18.8. The van der Waals surface area contributed by atoms with Crippen LogP contribution >= 0.6 is 0 Å². The fourth-order valence-corrected chi connectivity index (χ4v) is 2.46. The van der Waals surface area contributed by atoms with Gasteiger partial charge in [0.05, 0.1) is 48.6 Å². The summed E-state index contributed by atoms with van der Waals surface area (Å²) < 4.78 is 7.81. The highest BCUT2D eigenvalue weighted by Crippen LogP contribution is 2.15. The Morgan fingerprint density at radius 1 is 1.36 bits per heavy atom.